The Morgan fingerprint density at radius 2 is 1.83 bits per heavy atom. The first-order chi connectivity index (χ1) is 14.0. The fourth-order valence-corrected chi connectivity index (χ4v) is 3.17. The van der Waals surface area contributed by atoms with Gasteiger partial charge in [0.2, 0.25) is 5.91 Å². The van der Waals surface area contributed by atoms with Crippen LogP contribution in [0.1, 0.15) is 26.2 Å². The fraction of sp³-hybridized carbons (Fsp3) is 0.304. The van der Waals surface area contributed by atoms with Gasteiger partial charge in [-0.05, 0) is 30.2 Å². The van der Waals surface area contributed by atoms with Crippen LogP contribution in [0.25, 0.3) is 11.3 Å². The number of nitrogens with one attached hydrogen (secondary N) is 2. The normalized spacial score (nSPS) is 12.0. The van der Waals surface area contributed by atoms with Crippen LogP contribution in [0.4, 0.5) is 5.69 Å². The quantitative estimate of drug-likeness (QED) is 0.509. The lowest BCUT2D eigenvalue weighted by Gasteiger charge is -2.24. The molecule has 1 atom stereocenters. The maximum absolute atomic E-state index is 12.3. The van der Waals surface area contributed by atoms with Crippen LogP contribution in [-0.2, 0) is 11.2 Å². The van der Waals surface area contributed by atoms with Gasteiger partial charge in [0.25, 0.3) is 0 Å². The molecule has 0 aliphatic heterocycles. The number of nitrogens with zero attached hydrogens (tertiary/aromatic N) is 1. The van der Waals surface area contributed by atoms with Crippen LogP contribution in [0.3, 0.4) is 0 Å². The Balaban J connectivity index is 1.49. The average Bonchev–Trinajstić information content (AvgIpc) is 3.19. The molecule has 0 saturated heterocycles. The number of hydrogen-bond donors (Lipinski definition) is 2. The summed E-state index contributed by atoms with van der Waals surface area (Å²) in [6.45, 7) is 4.83. The van der Waals surface area contributed by atoms with Crippen LogP contribution in [-0.4, -0.2) is 23.5 Å². The SMILES string of the molecule is CC(C)C(CNC(=O)CCc1ncc(-c2ccccc2Cl)o1)Nc1ccccc1. The molecular weight excluding hydrogens is 386 g/mol. The van der Waals surface area contributed by atoms with E-state index in [1.807, 2.05) is 48.5 Å². The van der Waals surface area contributed by atoms with E-state index in [0.717, 1.165) is 11.3 Å². The van der Waals surface area contributed by atoms with Gasteiger partial charge in [-0.1, -0.05) is 55.8 Å². The molecule has 0 fully saturated rings. The zero-order chi connectivity index (χ0) is 20.6. The highest BCUT2D eigenvalue weighted by Crippen LogP contribution is 2.28. The van der Waals surface area contributed by atoms with Crippen molar-refractivity contribution < 1.29 is 9.21 Å². The largest absolute Gasteiger partial charge is 0.441 e. The number of benzene rings is 2. The molecule has 1 amide bonds. The predicted octanol–water partition coefficient (Wildman–Crippen LogP) is 5.18. The standard InChI is InChI=1S/C23H26ClN3O2/c1-16(2)20(27-17-8-4-3-5-9-17)14-25-22(28)12-13-23-26-15-21(29-23)18-10-6-7-11-19(18)24/h3-11,15-16,20,27H,12-14H2,1-2H3,(H,25,28). The molecule has 6 heteroatoms. The van der Waals surface area contributed by atoms with Crippen molar-refractivity contribution in [3.05, 3.63) is 71.7 Å². The monoisotopic (exact) mass is 411 g/mol. The first kappa shape index (κ1) is 20.9. The third-order valence-electron chi connectivity index (χ3n) is 4.71. The highest BCUT2D eigenvalue weighted by Gasteiger charge is 2.15. The van der Waals surface area contributed by atoms with E-state index in [1.165, 1.54) is 0 Å². The van der Waals surface area contributed by atoms with Gasteiger partial charge >= 0.3 is 0 Å². The van der Waals surface area contributed by atoms with Crippen molar-refractivity contribution in [2.24, 2.45) is 5.92 Å². The zero-order valence-corrected chi connectivity index (χ0v) is 17.4. The Morgan fingerprint density at radius 1 is 1.10 bits per heavy atom. The van der Waals surface area contributed by atoms with E-state index in [2.05, 4.69) is 29.5 Å². The van der Waals surface area contributed by atoms with Crippen LogP contribution in [0.2, 0.25) is 5.02 Å². The fourth-order valence-electron chi connectivity index (χ4n) is 2.95. The summed E-state index contributed by atoms with van der Waals surface area (Å²) in [5.74, 6) is 1.49. The molecule has 2 N–H and O–H groups in total. The molecule has 1 unspecified atom stereocenters. The predicted molar refractivity (Wildman–Crippen MR) is 117 cm³/mol. The van der Waals surface area contributed by atoms with Crippen molar-refractivity contribution in [2.45, 2.75) is 32.7 Å². The number of halogens is 1. The molecule has 0 bridgehead atoms. The average molecular weight is 412 g/mol. The molecule has 3 aromatic rings. The Morgan fingerprint density at radius 3 is 2.55 bits per heavy atom. The van der Waals surface area contributed by atoms with E-state index < -0.39 is 0 Å². The van der Waals surface area contributed by atoms with Gasteiger partial charge < -0.3 is 15.1 Å². The number of carbonyl (C=O) groups is 1. The third kappa shape index (κ3) is 6.09. The molecule has 2 aromatic carbocycles. The lowest BCUT2D eigenvalue weighted by Crippen LogP contribution is -2.39. The summed E-state index contributed by atoms with van der Waals surface area (Å²) in [4.78, 5) is 16.6. The molecule has 3 rings (SSSR count). The van der Waals surface area contributed by atoms with Gasteiger partial charge in [-0.25, -0.2) is 4.98 Å². The van der Waals surface area contributed by atoms with E-state index in [4.69, 9.17) is 16.0 Å². The number of amides is 1. The van der Waals surface area contributed by atoms with Gasteiger partial charge in [-0.2, -0.15) is 0 Å². The van der Waals surface area contributed by atoms with Gasteiger partial charge in [-0.3, -0.25) is 4.79 Å². The summed E-state index contributed by atoms with van der Waals surface area (Å²) in [5, 5.41) is 7.10. The van der Waals surface area contributed by atoms with Gasteiger partial charge in [-0.15, -0.1) is 0 Å². The van der Waals surface area contributed by atoms with Crippen LogP contribution >= 0.6 is 11.6 Å². The Kier molecular flexibility index (Phi) is 7.30. The smallest absolute Gasteiger partial charge is 0.220 e. The Bertz CT molecular complexity index is 925. The summed E-state index contributed by atoms with van der Waals surface area (Å²) < 4.78 is 5.76. The van der Waals surface area contributed by atoms with E-state index in [9.17, 15) is 4.79 Å². The minimum atomic E-state index is -0.0250. The van der Waals surface area contributed by atoms with Gasteiger partial charge in [0.05, 0.1) is 11.2 Å². The lowest BCUT2D eigenvalue weighted by molar-refractivity contribution is -0.121. The molecule has 0 aliphatic carbocycles. The molecule has 0 saturated carbocycles. The number of anilines is 1. The highest BCUT2D eigenvalue weighted by molar-refractivity contribution is 6.33. The molecule has 0 aliphatic rings. The van der Waals surface area contributed by atoms with Crippen molar-refractivity contribution in [3.8, 4) is 11.3 Å². The summed E-state index contributed by atoms with van der Waals surface area (Å²) in [7, 11) is 0. The van der Waals surface area contributed by atoms with E-state index in [0.29, 0.717) is 42.0 Å². The summed E-state index contributed by atoms with van der Waals surface area (Å²) in [6.07, 6.45) is 2.40. The van der Waals surface area contributed by atoms with Crippen LogP contribution in [0.15, 0.2) is 65.2 Å². The molecule has 0 spiro atoms. The van der Waals surface area contributed by atoms with E-state index in [1.54, 1.807) is 12.3 Å². The minimum absolute atomic E-state index is 0.0250. The van der Waals surface area contributed by atoms with Gasteiger partial charge in [0.1, 0.15) is 0 Å². The molecule has 1 aromatic heterocycles. The molecular formula is C23H26ClN3O2. The number of oxazole rings is 1. The second kappa shape index (κ2) is 10.1. The summed E-state index contributed by atoms with van der Waals surface area (Å²) >= 11 is 6.19. The topological polar surface area (TPSA) is 67.2 Å². The number of rotatable bonds is 9. The Hall–Kier alpha value is -2.79. The van der Waals surface area contributed by atoms with Crippen molar-refractivity contribution in [1.82, 2.24) is 10.3 Å². The molecule has 152 valence electrons. The summed E-state index contributed by atoms with van der Waals surface area (Å²) in [6, 6.07) is 17.6. The first-order valence-electron chi connectivity index (χ1n) is 9.81. The number of aryl methyl sites for hydroxylation is 1. The van der Waals surface area contributed by atoms with Crippen molar-refractivity contribution >= 4 is 23.2 Å². The minimum Gasteiger partial charge on any atom is -0.441 e. The lowest BCUT2D eigenvalue weighted by atomic mass is 10.0. The van der Waals surface area contributed by atoms with Crippen LogP contribution in [0, 0.1) is 5.92 Å². The number of para-hydroxylation sites is 1. The van der Waals surface area contributed by atoms with Gasteiger partial charge in [0, 0.05) is 36.7 Å². The first-order valence-corrected chi connectivity index (χ1v) is 10.2. The van der Waals surface area contributed by atoms with Crippen molar-refractivity contribution in [2.75, 3.05) is 11.9 Å². The Labute approximate surface area is 176 Å². The molecule has 0 radical (unpaired) electrons. The maximum Gasteiger partial charge on any atom is 0.220 e. The third-order valence-corrected chi connectivity index (χ3v) is 5.04. The number of carbonyl (C=O) groups excluding carboxylic acids is 1. The second-order valence-corrected chi connectivity index (χ2v) is 7.67. The van der Waals surface area contributed by atoms with Crippen LogP contribution < -0.4 is 10.6 Å². The van der Waals surface area contributed by atoms with Gasteiger partial charge in [0.15, 0.2) is 11.7 Å². The van der Waals surface area contributed by atoms with Crippen molar-refractivity contribution in [3.63, 3.8) is 0 Å². The molecule has 1 heterocycles. The number of hydrogen-bond acceptors (Lipinski definition) is 4. The van der Waals surface area contributed by atoms with Crippen LogP contribution in [0.5, 0.6) is 0 Å². The highest BCUT2D eigenvalue weighted by atomic mass is 35.5. The number of aromatic nitrogens is 1. The van der Waals surface area contributed by atoms with E-state index in [-0.39, 0.29) is 11.9 Å². The molecule has 29 heavy (non-hydrogen) atoms. The maximum atomic E-state index is 12.3. The molecule has 5 nitrogen and oxygen atoms in total. The zero-order valence-electron chi connectivity index (χ0n) is 16.7. The second-order valence-electron chi connectivity index (χ2n) is 7.26. The van der Waals surface area contributed by atoms with E-state index >= 15 is 0 Å². The van der Waals surface area contributed by atoms with Crippen molar-refractivity contribution in [1.29, 1.82) is 0 Å². The summed E-state index contributed by atoms with van der Waals surface area (Å²) in [5.41, 5.74) is 1.84.